The largest absolute Gasteiger partial charge is 0.290 e. The molecule has 3 aromatic rings. The number of aromatic nitrogens is 3. The molecule has 1 fully saturated rings. The van der Waals surface area contributed by atoms with Crippen molar-refractivity contribution in [2.75, 3.05) is 17.1 Å². The van der Waals surface area contributed by atoms with Crippen molar-refractivity contribution in [3.63, 3.8) is 0 Å². The van der Waals surface area contributed by atoms with Gasteiger partial charge in [0.25, 0.3) is 11.1 Å². The summed E-state index contributed by atoms with van der Waals surface area (Å²) in [6.45, 7) is 0.427. The molecule has 1 saturated heterocycles. The number of amides is 2. The Hall–Kier alpha value is -3.18. The van der Waals surface area contributed by atoms with E-state index in [0.29, 0.717) is 35.5 Å². The summed E-state index contributed by atoms with van der Waals surface area (Å²) in [7, 11) is -3.36. The third kappa shape index (κ3) is 3.15. The average molecular weight is 441 g/mol. The molecule has 2 aliphatic rings. The molecule has 30 heavy (non-hydrogen) atoms. The summed E-state index contributed by atoms with van der Waals surface area (Å²) in [5.74, 6) is -0.445. The van der Waals surface area contributed by atoms with E-state index in [9.17, 15) is 18.0 Å². The number of fused-ring (bicyclic) bond motifs is 2. The van der Waals surface area contributed by atoms with Gasteiger partial charge in [-0.1, -0.05) is 6.07 Å². The molecule has 2 aliphatic heterocycles. The molecule has 0 aliphatic carbocycles. The first kappa shape index (κ1) is 18.8. The lowest BCUT2D eigenvalue weighted by molar-refractivity contribution is -0.115. The van der Waals surface area contributed by atoms with E-state index in [4.69, 9.17) is 0 Å². The predicted molar refractivity (Wildman–Crippen MR) is 114 cm³/mol. The molecule has 11 heteroatoms. The van der Waals surface area contributed by atoms with Crippen molar-refractivity contribution in [3.05, 3.63) is 52.8 Å². The molecule has 1 N–H and O–H groups in total. The number of thioether (sulfide) groups is 1. The van der Waals surface area contributed by atoms with Crippen LogP contribution in [0.15, 0.2) is 41.6 Å². The highest BCUT2D eigenvalue weighted by molar-refractivity contribution is 8.18. The van der Waals surface area contributed by atoms with Crippen LogP contribution in [0, 0.1) is 0 Å². The Kier molecular flexibility index (Phi) is 4.19. The summed E-state index contributed by atoms with van der Waals surface area (Å²) >= 11 is 0.829. The topological polar surface area (TPSA) is 114 Å². The quantitative estimate of drug-likeness (QED) is 0.619. The third-order valence-electron chi connectivity index (χ3n) is 4.94. The maximum Gasteiger partial charge on any atom is 0.290 e. The molecule has 2 aromatic heterocycles. The van der Waals surface area contributed by atoms with Crippen LogP contribution in [0.5, 0.6) is 0 Å². The van der Waals surface area contributed by atoms with Crippen molar-refractivity contribution in [1.82, 2.24) is 19.9 Å². The Bertz CT molecular complexity index is 1380. The van der Waals surface area contributed by atoms with E-state index in [2.05, 4.69) is 15.3 Å². The van der Waals surface area contributed by atoms with E-state index in [1.807, 2.05) is 18.2 Å². The highest BCUT2D eigenvalue weighted by Crippen LogP contribution is 2.33. The van der Waals surface area contributed by atoms with E-state index in [1.165, 1.54) is 10.6 Å². The first-order valence-corrected chi connectivity index (χ1v) is 11.7. The van der Waals surface area contributed by atoms with Crippen LogP contribution < -0.4 is 9.62 Å². The zero-order valence-corrected chi connectivity index (χ0v) is 17.3. The average Bonchev–Trinajstić information content (AvgIpc) is 3.37. The maximum atomic E-state index is 12.1. The minimum absolute atomic E-state index is 0.277. The number of nitrogens with zero attached hydrogens (tertiary/aromatic N) is 4. The SMILES string of the molecule is CS(=O)(=O)N1CCc2ccc(-n3cnc4ccc(/C=C5\SC(=O)NC5=O)nc43)cc21. The number of sulfonamides is 1. The van der Waals surface area contributed by atoms with E-state index >= 15 is 0 Å². The van der Waals surface area contributed by atoms with E-state index in [-0.39, 0.29) is 4.91 Å². The molecule has 0 saturated carbocycles. The molecule has 4 heterocycles. The van der Waals surface area contributed by atoms with Gasteiger partial charge in [-0.3, -0.25) is 23.8 Å². The number of anilines is 1. The smallest absolute Gasteiger partial charge is 0.283 e. The molecule has 5 rings (SSSR count). The van der Waals surface area contributed by atoms with Gasteiger partial charge in [0.2, 0.25) is 10.0 Å². The van der Waals surface area contributed by atoms with Crippen molar-refractivity contribution in [1.29, 1.82) is 0 Å². The summed E-state index contributed by atoms with van der Waals surface area (Å²) in [6.07, 6.45) is 5.04. The van der Waals surface area contributed by atoms with E-state index in [0.717, 1.165) is 23.0 Å². The predicted octanol–water partition coefficient (Wildman–Crippen LogP) is 2.07. The van der Waals surface area contributed by atoms with Gasteiger partial charge in [-0.2, -0.15) is 0 Å². The summed E-state index contributed by atoms with van der Waals surface area (Å²) in [4.78, 5) is 32.4. The van der Waals surface area contributed by atoms with Crippen LogP contribution in [0.2, 0.25) is 0 Å². The molecule has 2 amide bonds. The number of hydrogen-bond donors (Lipinski definition) is 1. The van der Waals surface area contributed by atoms with Gasteiger partial charge in [0.15, 0.2) is 5.65 Å². The molecule has 0 atom stereocenters. The van der Waals surface area contributed by atoms with Gasteiger partial charge in [-0.15, -0.1) is 0 Å². The summed E-state index contributed by atoms with van der Waals surface area (Å²) in [6, 6.07) is 9.13. The first-order chi connectivity index (χ1) is 14.3. The van der Waals surface area contributed by atoms with Crippen molar-refractivity contribution in [2.45, 2.75) is 6.42 Å². The van der Waals surface area contributed by atoms with Crippen LogP contribution in [-0.2, 0) is 21.2 Å². The molecule has 1 aromatic carbocycles. The lowest BCUT2D eigenvalue weighted by Crippen LogP contribution is -2.27. The molecular weight excluding hydrogens is 426 g/mol. The number of carbonyl (C=O) groups excluding carboxylic acids is 2. The molecule has 0 spiro atoms. The Balaban J connectivity index is 1.59. The summed E-state index contributed by atoms with van der Waals surface area (Å²) in [5, 5.41) is 1.80. The first-order valence-electron chi connectivity index (χ1n) is 8.99. The van der Waals surface area contributed by atoms with Crippen LogP contribution in [-0.4, -0.2) is 46.9 Å². The monoisotopic (exact) mass is 441 g/mol. The Morgan fingerprint density at radius 1 is 1.20 bits per heavy atom. The molecule has 9 nitrogen and oxygen atoms in total. The fourth-order valence-corrected chi connectivity index (χ4v) is 5.18. The Labute approximate surface area is 175 Å². The molecule has 0 unspecified atom stereocenters. The van der Waals surface area contributed by atoms with Crippen molar-refractivity contribution >= 4 is 55.9 Å². The fraction of sp³-hybridized carbons (Fsp3) is 0.158. The van der Waals surface area contributed by atoms with Crippen molar-refractivity contribution < 1.29 is 18.0 Å². The lowest BCUT2D eigenvalue weighted by Gasteiger charge is -2.17. The van der Waals surface area contributed by atoms with Gasteiger partial charge < -0.3 is 0 Å². The second-order valence-corrected chi connectivity index (χ2v) is 9.87. The normalized spacial score (nSPS) is 17.8. The number of rotatable bonds is 3. The van der Waals surface area contributed by atoms with Crippen molar-refractivity contribution in [2.24, 2.45) is 0 Å². The lowest BCUT2D eigenvalue weighted by atomic mass is 10.1. The van der Waals surface area contributed by atoms with Crippen LogP contribution >= 0.6 is 11.8 Å². The highest BCUT2D eigenvalue weighted by atomic mass is 32.2. The number of carbonyl (C=O) groups is 2. The summed E-state index contributed by atoms with van der Waals surface area (Å²) < 4.78 is 27.4. The minimum atomic E-state index is -3.36. The maximum absolute atomic E-state index is 12.1. The van der Waals surface area contributed by atoms with Gasteiger partial charge in [0.05, 0.1) is 28.2 Å². The third-order valence-corrected chi connectivity index (χ3v) is 6.93. The van der Waals surface area contributed by atoms with Crippen LogP contribution in [0.3, 0.4) is 0 Å². The highest BCUT2D eigenvalue weighted by Gasteiger charge is 2.27. The zero-order valence-electron chi connectivity index (χ0n) is 15.7. The standard InChI is InChI=1S/C19H15N5O4S2/c1-30(27,28)24-7-6-11-2-4-13(9-15(11)24)23-10-20-14-5-3-12(21-17(14)23)8-16-18(25)22-19(26)29-16/h2-5,8-10H,6-7H2,1H3,(H,22,25,26)/b16-8-. The molecule has 152 valence electrons. The zero-order chi connectivity index (χ0) is 21.0. The molecular formula is C19H15N5O4S2. The van der Waals surface area contributed by atoms with Crippen LogP contribution in [0.4, 0.5) is 10.5 Å². The number of nitrogens with one attached hydrogen (secondary N) is 1. The molecule has 0 bridgehead atoms. The summed E-state index contributed by atoms with van der Waals surface area (Å²) in [5.41, 5.74) is 4.08. The second kappa shape index (κ2) is 6.67. The Morgan fingerprint density at radius 2 is 2.03 bits per heavy atom. The number of imide groups is 1. The van der Waals surface area contributed by atoms with E-state index < -0.39 is 21.2 Å². The fourth-order valence-electron chi connectivity index (χ4n) is 3.57. The van der Waals surface area contributed by atoms with Gasteiger partial charge in [0.1, 0.15) is 11.8 Å². The van der Waals surface area contributed by atoms with Gasteiger partial charge in [-0.25, -0.2) is 18.4 Å². The van der Waals surface area contributed by atoms with Gasteiger partial charge in [-0.05, 0) is 54.1 Å². The number of pyridine rings is 1. The second-order valence-electron chi connectivity index (χ2n) is 6.94. The van der Waals surface area contributed by atoms with Gasteiger partial charge >= 0.3 is 0 Å². The Morgan fingerprint density at radius 3 is 2.77 bits per heavy atom. The number of benzene rings is 1. The van der Waals surface area contributed by atoms with Crippen LogP contribution in [0.25, 0.3) is 22.9 Å². The number of hydrogen-bond acceptors (Lipinski definition) is 7. The van der Waals surface area contributed by atoms with Crippen molar-refractivity contribution in [3.8, 4) is 5.69 Å². The minimum Gasteiger partial charge on any atom is -0.283 e. The molecule has 0 radical (unpaired) electrons. The van der Waals surface area contributed by atoms with E-state index in [1.54, 1.807) is 29.1 Å². The van der Waals surface area contributed by atoms with Gasteiger partial charge in [0, 0.05) is 6.54 Å². The van der Waals surface area contributed by atoms with Crippen LogP contribution in [0.1, 0.15) is 11.3 Å². The number of imidazole rings is 1.